The van der Waals surface area contributed by atoms with Crippen LogP contribution in [0.4, 0.5) is 0 Å². The second-order valence-corrected chi connectivity index (χ2v) is 4.96. The van der Waals surface area contributed by atoms with Crippen LogP contribution in [-0.4, -0.2) is 35.6 Å². The van der Waals surface area contributed by atoms with Gasteiger partial charge < -0.3 is 4.74 Å². The average Bonchev–Trinajstić information content (AvgIpc) is 2.89. The summed E-state index contributed by atoms with van der Waals surface area (Å²) in [6, 6.07) is 5.31. The molecular formula is C13H18N2O. The van der Waals surface area contributed by atoms with Crippen molar-refractivity contribution < 1.29 is 4.74 Å². The molecule has 3 heteroatoms. The van der Waals surface area contributed by atoms with Crippen molar-refractivity contribution in [3.8, 4) is 5.75 Å². The monoisotopic (exact) mass is 218 g/mol. The standard InChI is InChI=1S/C13H18N2O/c1-15-11-5-4-10(7-11)13(15)9-16-12-3-2-6-14-8-12/h2-3,6,8,10-11,13H,4-5,7,9H2,1H3. The van der Waals surface area contributed by atoms with E-state index in [0.29, 0.717) is 6.04 Å². The van der Waals surface area contributed by atoms with Gasteiger partial charge in [-0.2, -0.15) is 0 Å². The summed E-state index contributed by atoms with van der Waals surface area (Å²) in [5, 5.41) is 0. The van der Waals surface area contributed by atoms with Gasteiger partial charge in [-0.05, 0) is 44.4 Å². The van der Waals surface area contributed by atoms with E-state index in [1.807, 2.05) is 12.1 Å². The van der Waals surface area contributed by atoms with Gasteiger partial charge in [0.15, 0.2) is 0 Å². The van der Waals surface area contributed by atoms with Gasteiger partial charge >= 0.3 is 0 Å². The van der Waals surface area contributed by atoms with Crippen molar-refractivity contribution >= 4 is 0 Å². The summed E-state index contributed by atoms with van der Waals surface area (Å²) in [6.07, 6.45) is 7.70. The number of likely N-dealkylation sites (tertiary alicyclic amines) is 1. The van der Waals surface area contributed by atoms with Crippen molar-refractivity contribution in [1.29, 1.82) is 0 Å². The Labute approximate surface area is 96.4 Å². The molecule has 1 aromatic heterocycles. The van der Waals surface area contributed by atoms with Crippen molar-refractivity contribution in [2.75, 3.05) is 13.7 Å². The van der Waals surface area contributed by atoms with Gasteiger partial charge in [0.05, 0.1) is 6.20 Å². The van der Waals surface area contributed by atoms with Crippen molar-refractivity contribution in [3.63, 3.8) is 0 Å². The summed E-state index contributed by atoms with van der Waals surface area (Å²) in [5.74, 6) is 1.74. The number of nitrogens with zero attached hydrogens (tertiary/aromatic N) is 2. The smallest absolute Gasteiger partial charge is 0.137 e. The molecule has 3 rings (SSSR count). The maximum atomic E-state index is 5.81. The highest BCUT2D eigenvalue weighted by Crippen LogP contribution is 2.41. The molecule has 1 aliphatic carbocycles. The van der Waals surface area contributed by atoms with Gasteiger partial charge in [0.25, 0.3) is 0 Å². The molecule has 0 radical (unpaired) electrons. The lowest BCUT2D eigenvalue weighted by Gasteiger charge is -2.31. The summed E-state index contributed by atoms with van der Waals surface area (Å²) in [6.45, 7) is 0.809. The Morgan fingerprint density at radius 2 is 2.44 bits per heavy atom. The minimum Gasteiger partial charge on any atom is -0.490 e. The molecule has 2 aliphatic rings. The zero-order chi connectivity index (χ0) is 11.0. The van der Waals surface area contributed by atoms with Crippen LogP contribution in [-0.2, 0) is 0 Å². The molecule has 2 bridgehead atoms. The number of hydrogen-bond acceptors (Lipinski definition) is 3. The maximum Gasteiger partial charge on any atom is 0.137 e. The first-order valence-corrected chi connectivity index (χ1v) is 6.09. The molecule has 1 aliphatic heterocycles. The molecule has 1 saturated carbocycles. The number of fused-ring (bicyclic) bond motifs is 2. The minimum atomic E-state index is 0.610. The molecule has 3 unspecified atom stereocenters. The number of pyridine rings is 1. The SMILES string of the molecule is CN1C2CCC(C2)C1COc1cccnc1. The molecule has 16 heavy (non-hydrogen) atoms. The number of rotatable bonds is 3. The number of hydrogen-bond donors (Lipinski definition) is 0. The van der Waals surface area contributed by atoms with E-state index >= 15 is 0 Å². The third-order valence-corrected chi connectivity index (χ3v) is 4.14. The topological polar surface area (TPSA) is 25.4 Å². The predicted molar refractivity (Wildman–Crippen MR) is 62.4 cm³/mol. The van der Waals surface area contributed by atoms with Crippen LogP contribution >= 0.6 is 0 Å². The number of piperidine rings is 1. The van der Waals surface area contributed by atoms with Crippen LogP contribution in [0.25, 0.3) is 0 Å². The molecule has 86 valence electrons. The molecule has 1 aromatic rings. The molecule has 3 atom stereocenters. The van der Waals surface area contributed by atoms with Crippen LogP contribution in [0.15, 0.2) is 24.5 Å². The van der Waals surface area contributed by atoms with Gasteiger partial charge in [0.1, 0.15) is 12.4 Å². The number of ether oxygens (including phenoxy) is 1. The zero-order valence-corrected chi connectivity index (χ0v) is 9.67. The summed E-state index contributed by atoms with van der Waals surface area (Å²) >= 11 is 0. The molecule has 3 nitrogen and oxygen atoms in total. The van der Waals surface area contributed by atoms with Crippen molar-refractivity contribution in [3.05, 3.63) is 24.5 Å². The van der Waals surface area contributed by atoms with Crippen LogP contribution in [0.1, 0.15) is 19.3 Å². The highest BCUT2D eigenvalue weighted by Gasteiger charge is 2.43. The van der Waals surface area contributed by atoms with Crippen LogP contribution in [0.5, 0.6) is 5.75 Å². The molecule has 0 aromatic carbocycles. The first kappa shape index (κ1) is 10.1. The lowest BCUT2D eigenvalue weighted by Crippen LogP contribution is -2.41. The molecular weight excluding hydrogens is 200 g/mol. The normalized spacial score (nSPS) is 33.2. The summed E-state index contributed by atoms with van der Waals surface area (Å²) in [4.78, 5) is 6.56. The fourth-order valence-electron chi connectivity index (χ4n) is 3.18. The predicted octanol–water partition coefficient (Wildman–Crippen LogP) is 1.94. The van der Waals surface area contributed by atoms with Crippen molar-refractivity contribution in [1.82, 2.24) is 9.88 Å². The van der Waals surface area contributed by atoms with E-state index in [-0.39, 0.29) is 0 Å². The lowest BCUT2D eigenvalue weighted by atomic mass is 10.00. The summed E-state index contributed by atoms with van der Waals surface area (Å²) in [5.41, 5.74) is 0. The van der Waals surface area contributed by atoms with E-state index in [1.165, 1.54) is 19.3 Å². The molecule has 0 spiro atoms. The fourth-order valence-corrected chi connectivity index (χ4v) is 3.18. The van der Waals surface area contributed by atoms with Crippen LogP contribution in [0.2, 0.25) is 0 Å². The van der Waals surface area contributed by atoms with Crippen LogP contribution < -0.4 is 4.74 Å². The quantitative estimate of drug-likeness (QED) is 0.775. The molecule has 2 heterocycles. The van der Waals surface area contributed by atoms with E-state index < -0.39 is 0 Å². The second-order valence-electron chi connectivity index (χ2n) is 4.96. The fraction of sp³-hybridized carbons (Fsp3) is 0.615. The lowest BCUT2D eigenvalue weighted by molar-refractivity contribution is 0.118. The summed E-state index contributed by atoms with van der Waals surface area (Å²) < 4.78 is 5.81. The third kappa shape index (κ3) is 1.69. The van der Waals surface area contributed by atoms with E-state index in [9.17, 15) is 0 Å². The first-order valence-electron chi connectivity index (χ1n) is 6.09. The Bertz CT molecular complexity index is 352. The maximum absolute atomic E-state index is 5.81. The molecule has 1 saturated heterocycles. The highest BCUT2D eigenvalue weighted by molar-refractivity contribution is 5.15. The average molecular weight is 218 g/mol. The van der Waals surface area contributed by atoms with Gasteiger partial charge in [0, 0.05) is 18.3 Å². The van der Waals surface area contributed by atoms with Gasteiger partial charge in [-0.25, -0.2) is 0 Å². The third-order valence-electron chi connectivity index (χ3n) is 4.14. The Morgan fingerprint density at radius 1 is 1.50 bits per heavy atom. The number of aromatic nitrogens is 1. The Hall–Kier alpha value is -1.09. The summed E-state index contributed by atoms with van der Waals surface area (Å²) in [7, 11) is 2.24. The first-order chi connectivity index (χ1) is 7.84. The van der Waals surface area contributed by atoms with E-state index in [0.717, 1.165) is 24.3 Å². The number of likely N-dealkylation sites (N-methyl/N-ethyl adjacent to an activating group) is 1. The van der Waals surface area contributed by atoms with Crippen molar-refractivity contribution in [2.24, 2.45) is 5.92 Å². The van der Waals surface area contributed by atoms with E-state index in [2.05, 4.69) is 16.9 Å². The molecule has 0 N–H and O–H groups in total. The van der Waals surface area contributed by atoms with Gasteiger partial charge in [-0.15, -0.1) is 0 Å². The van der Waals surface area contributed by atoms with Gasteiger partial charge in [-0.1, -0.05) is 0 Å². The Balaban J connectivity index is 1.60. The van der Waals surface area contributed by atoms with Gasteiger partial charge in [0.2, 0.25) is 0 Å². The minimum absolute atomic E-state index is 0.610. The van der Waals surface area contributed by atoms with Crippen LogP contribution in [0, 0.1) is 5.92 Å². The molecule has 0 amide bonds. The van der Waals surface area contributed by atoms with Crippen LogP contribution in [0.3, 0.4) is 0 Å². The van der Waals surface area contributed by atoms with Gasteiger partial charge in [-0.3, -0.25) is 9.88 Å². The van der Waals surface area contributed by atoms with Crippen molar-refractivity contribution in [2.45, 2.75) is 31.3 Å². The highest BCUT2D eigenvalue weighted by atomic mass is 16.5. The molecule has 2 fully saturated rings. The zero-order valence-electron chi connectivity index (χ0n) is 9.67. The van der Waals surface area contributed by atoms with E-state index in [4.69, 9.17) is 4.74 Å². The Morgan fingerprint density at radius 3 is 3.12 bits per heavy atom. The van der Waals surface area contributed by atoms with E-state index in [1.54, 1.807) is 12.4 Å². The largest absolute Gasteiger partial charge is 0.490 e. The second kappa shape index (κ2) is 4.06. The Kier molecular flexibility index (Phi) is 2.56.